The Morgan fingerprint density at radius 3 is 2.64 bits per heavy atom. The molecule has 170 valence electrons. The zero-order valence-corrected chi connectivity index (χ0v) is 19.4. The molecule has 33 heavy (non-hydrogen) atoms. The van der Waals surface area contributed by atoms with Crippen molar-refractivity contribution in [1.82, 2.24) is 9.55 Å². The van der Waals surface area contributed by atoms with E-state index in [-0.39, 0.29) is 5.69 Å². The lowest BCUT2D eigenvalue weighted by molar-refractivity contribution is 0.00345. The molecule has 0 aliphatic heterocycles. The molecule has 3 saturated carbocycles. The van der Waals surface area contributed by atoms with Gasteiger partial charge >= 0.3 is 0 Å². The van der Waals surface area contributed by atoms with Gasteiger partial charge in [0.15, 0.2) is 17.5 Å². The van der Waals surface area contributed by atoms with E-state index >= 15 is 0 Å². The van der Waals surface area contributed by atoms with E-state index in [9.17, 15) is 13.2 Å². The lowest BCUT2D eigenvalue weighted by Gasteiger charge is -2.57. The lowest BCUT2D eigenvalue weighted by atomic mass is 9.51. The van der Waals surface area contributed by atoms with Gasteiger partial charge in [-0.3, -0.25) is 0 Å². The maximum absolute atomic E-state index is 13.5. The molecule has 1 spiro atoms. The number of rotatable bonds is 6. The van der Waals surface area contributed by atoms with Crippen LogP contribution in [0.5, 0.6) is 0 Å². The predicted molar refractivity (Wildman–Crippen MR) is 125 cm³/mol. The van der Waals surface area contributed by atoms with Gasteiger partial charge in [-0.2, -0.15) is 0 Å². The zero-order valence-electron chi connectivity index (χ0n) is 17.8. The summed E-state index contributed by atoms with van der Waals surface area (Å²) in [5.74, 6) is -0.858. The summed E-state index contributed by atoms with van der Waals surface area (Å²) in [5, 5.41) is 4.07. The van der Waals surface area contributed by atoms with Gasteiger partial charge < -0.3 is 9.88 Å². The van der Waals surface area contributed by atoms with Crippen molar-refractivity contribution in [3.63, 3.8) is 0 Å². The molecule has 4 unspecified atom stereocenters. The van der Waals surface area contributed by atoms with Crippen LogP contribution in [-0.2, 0) is 7.05 Å². The first-order chi connectivity index (χ1) is 15.8. The SMILES string of the molecule is C=C(Nc1cc(F)c(F)c(F)c1)c1ccc(Cl)c(SC2C3C[C@H](c4nccn4C)C34CC24)c1. The number of aryl methyl sites for hydroxylation is 1. The molecule has 1 heterocycles. The third-order valence-corrected chi connectivity index (χ3v) is 9.68. The average Bonchev–Trinajstić information content (AvgIpc) is 3.38. The van der Waals surface area contributed by atoms with E-state index in [4.69, 9.17) is 11.6 Å². The fourth-order valence-corrected chi connectivity index (χ4v) is 7.95. The number of nitrogens with zero attached hydrogens (tertiary/aromatic N) is 2. The largest absolute Gasteiger partial charge is 0.355 e. The fraction of sp³-hybridized carbons (Fsp3) is 0.320. The molecule has 6 rings (SSSR count). The van der Waals surface area contributed by atoms with Gasteiger partial charge in [0.1, 0.15) is 5.82 Å². The summed E-state index contributed by atoms with van der Waals surface area (Å²) in [6.45, 7) is 3.98. The summed E-state index contributed by atoms with van der Waals surface area (Å²) in [5.41, 5.74) is 1.74. The predicted octanol–water partition coefficient (Wildman–Crippen LogP) is 6.86. The molecule has 0 saturated heterocycles. The Morgan fingerprint density at radius 2 is 1.97 bits per heavy atom. The van der Waals surface area contributed by atoms with Crippen molar-refractivity contribution in [3.8, 4) is 0 Å². The highest BCUT2D eigenvalue weighted by atomic mass is 35.5. The van der Waals surface area contributed by atoms with Crippen LogP contribution < -0.4 is 5.32 Å². The third-order valence-electron chi connectivity index (χ3n) is 7.72. The van der Waals surface area contributed by atoms with Gasteiger partial charge in [-0.25, -0.2) is 18.2 Å². The van der Waals surface area contributed by atoms with Crippen molar-refractivity contribution in [1.29, 1.82) is 0 Å². The molecular weight excluding hydrogens is 467 g/mol. The van der Waals surface area contributed by atoms with Crippen LogP contribution in [0.3, 0.4) is 0 Å². The van der Waals surface area contributed by atoms with Crippen molar-refractivity contribution >= 4 is 34.7 Å². The summed E-state index contributed by atoms with van der Waals surface area (Å²) in [7, 11) is 2.06. The number of benzene rings is 2. The normalized spacial score (nSPS) is 28.9. The van der Waals surface area contributed by atoms with Crippen molar-refractivity contribution in [2.24, 2.45) is 24.3 Å². The van der Waals surface area contributed by atoms with Crippen LogP contribution >= 0.6 is 23.4 Å². The summed E-state index contributed by atoms with van der Waals surface area (Å²) in [6, 6.07) is 7.39. The minimum absolute atomic E-state index is 0.0945. The molecule has 2 aromatic carbocycles. The highest BCUT2D eigenvalue weighted by molar-refractivity contribution is 8.00. The number of hydrogen-bond acceptors (Lipinski definition) is 3. The van der Waals surface area contributed by atoms with E-state index in [2.05, 4.69) is 28.5 Å². The lowest BCUT2D eigenvalue weighted by Crippen LogP contribution is -2.54. The molecule has 0 amide bonds. The molecular formula is C25H21ClF3N3S. The van der Waals surface area contributed by atoms with Crippen LogP contribution in [0.4, 0.5) is 18.9 Å². The number of hydrogen-bond donors (Lipinski definition) is 1. The molecule has 8 heteroatoms. The minimum atomic E-state index is -1.49. The summed E-state index contributed by atoms with van der Waals surface area (Å²) >= 11 is 8.33. The van der Waals surface area contributed by atoms with Crippen LogP contribution in [0.1, 0.15) is 30.1 Å². The second-order valence-corrected chi connectivity index (χ2v) is 10.9. The molecule has 3 fully saturated rings. The Labute approximate surface area is 199 Å². The first-order valence-corrected chi connectivity index (χ1v) is 12.1. The van der Waals surface area contributed by atoms with E-state index in [0.29, 0.717) is 39.1 Å². The Balaban J connectivity index is 1.16. The monoisotopic (exact) mass is 487 g/mol. The van der Waals surface area contributed by atoms with Crippen LogP contribution in [0.25, 0.3) is 5.70 Å². The molecule has 3 aliphatic carbocycles. The van der Waals surface area contributed by atoms with Gasteiger partial charge in [-0.15, -0.1) is 11.8 Å². The van der Waals surface area contributed by atoms with Crippen LogP contribution in [0.15, 0.2) is 54.2 Å². The highest BCUT2D eigenvalue weighted by Crippen LogP contribution is 2.87. The second-order valence-electron chi connectivity index (χ2n) is 9.30. The van der Waals surface area contributed by atoms with E-state index in [1.54, 1.807) is 6.07 Å². The van der Waals surface area contributed by atoms with E-state index < -0.39 is 17.5 Å². The number of imidazole rings is 1. The summed E-state index contributed by atoms with van der Waals surface area (Å²) < 4.78 is 42.5. The first-order valence-electron chi connectivity index (χ1n) is 10.8. The molecule has 5 atom stereocenters. The van der Waals surface area contributed by atoms with Crippen LogP contribution in [-0.4, -0.2) is 14.8 Å². The molecule has 0 radical (unpaired) electrons. The first kappa shape index (κ1) is 21.2. The second kappa shape index (κ2) is 7.31. The van der Waals surface area contributed by atoms with Crippen molar-refractivity contribution in [2.45, 2.75) is 28.9 Å². The number of anilines is 1. The fourth-order valence-electron chi connectivity index (χ4n) is 5.99. The van der Waals surface area contributed by atoms with Crippen molar-refractivity contribution in [2.75, 3.05) is 5.32 Å². The van der Waals surface area contributed by atoms with Gasteiger partial charge in [0.25, 0.3) is 0 Å². The van der Waals surface area contributed by atoms with Gasteiger partial charge in [-0.1, -0.05) is 24.2 Å². The van der Waals surface area contributed by atoms with Crippen molar-refractivity contribution in [3.05, 3.63) is 83.2 Å². The summed E-state index contributed by atoms with van der Waals surface area (Å²) in [6.07, 6.45) is 6.30. The Kier molecular flexibility index (Phi) is 4.69. The van der Waals surface area contributed by atoms with E-state index in [1.165, 1.54) is 12.2 Å². The Bertz CT molecular complexity index is 1280. The van der Waals surface area contributed by atoms with Gasteiger partial charge in [0, 0.05) is 59.0 Å². The number of nitrogens with one attached hydrogen (secondary N) is 1. The van der Waals surface area contributed by atoms with Crippen LogP contribution in [0.2, 0.25) is 5.02 Å². The van der Waals surface area contributed by atoms with Crippen molar-refractivity contribution < 1.29 is 13.2 Å². The smallest absolute Gasteiger partial charge is 0.194 e. The van der Waals surface area contributed by atoms with Crippen LogP contribution in [0, 0.1) is 34.7 Å². The Morgan fingerprint density at radius 1 is 1.21 bits per heavy atom. The standard InChI is InChI=1S/C25H21ClF3N3S/c1-12(31-14-8-19(27)22(29)20(28)9-14)13-3-4-18(26)21(7-13)33-23-15-10-16(25(15)11-17(23)25)24-30-5-6-32(24)2/h3-9,15-17,23,31H,1,10-11H2,2H3/t15?,16-,17?,23?,25?/m1/s1. The average molecular weight is 488 g/mol. The quantitative estimate of drug-likeness (QED) is 0.385. The molecule has 3 aromatic rings. The van der Waals surface area contributed by atoms with E-state index in [1.807, 2.05) is 36.3 Å². The summed E-state index contributed by atoms with van der Waals surface area (Å²) in [4.78, 5) is 5.55. The maximum atomic E-state index is 13.5. The maximum Gasteiger partial charge on any atom is 0.194 e. The number of thioether (sulfide) groups is 1. The number of aromatic nitrogens is 2. The van der Waals surface area contributed by atoms with Gasteiger partial charge in [0.2, 0.25) is 0 Å². The minimum Gasteiger partial charge on any atom is -0.355 e. The molecule has 3 aliphatic rings. The van der Waals surface area contributed by atoms with E-state index in [0.717, 1.165) is 29.0 Å². The number of halogens is 4. The molecule has 0 bridgehead atoms. The molecule has 1 N–H and O–H groups in total. The highest BCUT2D eigenvalue weighted by Gasteiger charge is 2.82. The zero-order chi connectivity index (χ0) is 23.1. The topological polar surface area (TPSA) is 29.9 Å². The third kappa shape index (κ3) is 3.08. The molecule has 3 nitrogen and oxygen atoms in total. The van der Waals surface area contributed by atoms with Gasteiger partial charge in [-0.05, 0) is 47.8 Å². The Hall–Kier alpha value is -2.38. The molecule has 1 aromatic heterocycles. The van der Waals surface area contributed by atoms with Gasteiger partial charge in [0.05, 0.1) is 5.02 Å².